The monoisotopic (exact) mass is 496 g/mol. The zero-order valence-corrected chi connectivity index (χ0v) is 22.1. The van der Waals surface area contributed by atoms with Gasteiger partial charge < -0.3 is 9.31 Å². The third-order valence-corrected chi connectivity index (χ3v) is 8.23. The smallest absolute Gasteiger partial charge is 0.399 e. The van der Waals surface area contributed by atoms with E-state index in [0.717, 1.165) is 33.3 Å². The highest BCUT2D eigenvalue weighted by molar-refractivity contribution is 6.62. The van der Waals surface area contributed by atoms with Crippen molar-refractivity contribution < 1.29 is 9.31 Å². The molecule has 7 rings (SSSR count). The molecule has 3 heterocycles. The minimum Gasteiger partial charge on any atom is -0.399 e. The van der Waals surface area contributed by atoms with E-state index in [-0.39, 0.29) is 11.2 Å². The average molecular weight is 496 g/mol. The first kappa shape index (κ1) is 23.2. The van der Waals surface area contributed by atoms with Gasteiger partial charge in [0.05, 0.1) is 27.8 Å². The Balaban J connectivity index is 1.47. The van der Waals surface area contributed by atoms with Crippen LogP contribution in [0.2, 0.25) is 0 Å². The van der Waals surface area contributed by atoms with Gasteiger partial charge in [-0.3, -0.25) is 4.40 Å². The number of fused-ring (bicyclic) bond motifs is 5. The van der Waals surface area contributed by atoms with Crippen LogP contribution in [0.25, 0.3) is 49.8 Å². The van der Waals surface area contributed by atoms with Gasteiger partial charge in [-0.1, -0.05) is 91.0 Å². The van der Waals surface area contributed by atoms with E-state index in [2.05, 4.69) is 135 Å². The Hall–Kier alpha value is -3.93. The van der Waals surface area contributed by atoms with E-state index in [1.807, 2.05) is 0 Å². The molecule has 0 spiro atoms. The van der Waals surface area contributed by atoms with E-state index in [1.165, 1.54) is 22.0 Å². The summed E-state index contributed by atoms with van der Waals surface area (Å²) in [6.45, 7) is 8.33. The van der Waals surface area contributed by atoms with Crippen molar-refractivity contribution >= 4 is 39.9 Å². The Kier molecular flexibility index (Phi) is 5.06. The number of aromatic nitrogens is 2. The molecular formula is C33H29BN2O2. The summed E-state index contributed by atoms with van der Waals surface area (Å²) in [6, 6.07) is 36.2. The van der Waals surface area contributed by atoms with Crippen LogP contribution in [0.5, 0.6) is 0 Å². The van der Waals surface area contributed by atoms with E-state index in [9.17, 15) is 0 Å². The van der Waals surface area contributed by atoms with E-state index >= 15 is 0 Å². The van der Waals surface area contributed by atoms with Crippen molar-refractivity contribution in [2.45, 2.75) is 38.9 Å². The minimum atomic E-state index is -0.393. The second kappa shape index (κ2) is 8.29. The fourth-order valence-electron chi connectivity index (χ4n) is 5.51. The van der Waals surface area contributed by atoms with Crippen molar-refractivity contribution in [2.24, 2.45) is 0 Å². The van der Waals surface area contributed by atoms with Crippen molar-refractivity contribution in [2.75, 3.05) is 0 Å². The molecule has 4 aromatic carbocycles. The van der Waals surface area contributed by atoms with Crippen molar-refractivity contribution in [3.63, 3.8) is 0 Å². The number of hydrogen-bond donors (Lipinski definition) is 0. The summed E-state index contributed by atoms with van der Waals surface area (Å²) in [5.41, 5.74) is 7.02. The van der Waals surface area contributed by atoms with Crippen LogP contribution in [-0.4, -0.2) is 27.7 Å². The molecule has 1 saturated heterocycles. The molecule has 0 saturated carbocycles. The summed E-state index contributed by atoms with van der Waals surface area (Å²) < 4.78 is 14.9. The second-order valence-electron chi connectivity index (χ2n) is 11.1. The van der Waals surface area contributed by atoms with Gasteiger partial charge in [0, 0.05) is 21.9 Å². The van der Waals surface area contributed by atoms with Crippen LogP contribution in [0.1, 0.15) is 27.7 Å². The number of nitrogens with zero attached hydrogens (tertiary/aromatic N) is 2. The molecule has 0 amide bonds. The summed E-state index contributed by atoms with van der Waals surface area (Å²) >= 11 is 0. The second-order valence-corrected chi connectivity index (χ2v) is 11.1. The van der Waals surface area contributed by atoms with Crippen LogP contribution < -0.4 is 5.46 Å². The van der Waals surface area contributed by atoms with Crippen LogP contribution in [0.4, 0.5) is 0 Å². The van der Waals surface area contributed by atoms with E-state index < -0.39 is 7.12 Å². The highest BCUT2D eigenvalue weighted by atomic mass is 16.7. The minimum absolute atomic E-state index is 0.375. The Morgan fingerprint density at radius 1 is 0.632 bits per heavy atom. The third-order valence-electron chi connectivity index (χ3n) is 8.23. The average Bonchev–Trinajstić information content (AvgIpc) is 3.39. The maximum atomic E-state index is 6.29. The molecule has 6 aromatic rings. The molecule has 1 fully saturated rings. The highest BCUT2D eigenvalue weighted by Crippen LogP contribution is 2.41. The van der Waals surface area contributed by atoms with Gasteiger partial charge in [-0.05, 0) is 50.9 Å². The molecule has 1 aliphatic heterocycles. The summed E-state index contributed by atoms with van der Waals surface area (Å²) in [4.78, 5) is 5.20. The van der Waals surface area contributed by atoms with Gasteiger partial charge in [-0.25, -0.2) is 4.98 Å². The van der Waals surface area contributed by atoms with E-state index in [0.29, 0.717) is 0 Å². The largest absolute Gasteiger partial charge is 0.494 e. The van der Waals surface area contributed by atoms with Gasteiger partial charge in [0.2, 0.25) is 0 Å². The first-order valence-electron chi connectivity index (χ1n) is 13.2. The fourth-order valence-corrected chi connectivity index (χ4v) is 5.51. The zero-order chi connectivity index (χ0) is 26.1. The Bertz CT molecular complexity index is 1810. The molecule has 0 aliphatic carbocycles. The topological polar surface area (TPSA) is 35.8 Å². The fraction of sp³-hybridized carbons (Fsp3) is 0.182. The van der Waals surface area contributed by atoms with Crippen LogP contribution >= 0.6 is 0 Å². The summed E-state index contributed by atoms with van der Waals surface area (Å²) in [5, 5.41) is 2.35. The third kappa shape index (κ3) is 3.43. The quantitative estimate of drug-likeness (QED) is 0.242. The van der Waals surface area contributed by atoms with Crippen LogP contribution in [0.15, 0.2) is 103 Å². The lowest BCUT2D eigenvalue weighted by Gasteiger charge is -2.32. The van der Waals surface area contributed by atoms with Gasteiger partial charge in [0.15, 0.2) is 0 Å². The van der Waals surface area contributed by atoms with Crippen molar-refractivity contribution in [3.8, 4) is 22.5 Å². The summed E-state index contributed by atoms with van der Waals surface area (Å²) in [5.74, 6) is 0.914. The molecule has 0 atom stereocenters. The van der Waals surface area contributed by atoms with Crippen LogP contribution in [-0.2, 0) is 9.31 Å². The molecule has 0 N–H and O–H groups in total. The zero-order valence-electron chi connectivity index (χ0n) is 22.1. The lowest BCUT2D eigenvalue weighted by Crippen LogP contribution is -2.41. The first-order chi connectivity index (χ1) is 18.3. The Morgan fingerprint density at radius 3 is 1.95 bits per heavy atom. The SMILES string of the molecule is CC1(C)OB(c2ccc(-c3nc4ccccc4c4c(-c5ccccc5)c5ccccc5n34)cc2)OC1(C)C. The van der Waals surface area contributed by atoms with Crippen molar-refractivity contribution in [1.29, 1.82) is 0 Å². The molecule has 1 aliphatic rings. The molecule has 0 bridgehead atoms. The van der Waals surface area contributed by atoms with Crippen LogP contribution in [0, 0.1) is 0 Å². The molecule has 186 valence electrons. The number of benzene rings is 4. The van der Waals surface area contributed by atoms with Crippen LogP contribution in [0.3, 0.4) is 0 Å². The van der Waals surface area contributed by atoms with Gasteiger partial charge >= 0.3 is 7.12 Å². The van der Waals surface area contributed by atoms with Crippen molar-refractivity contribution in [1.82, 2.24) is 9.38 Å². The molecule has 0 unspecified atom stereocenters. The normalized spacial score (nSPS) is 16.6. The van der Waals surface area contributed by atoms with Gasteiger partial charge in [-0.2, -0.15) is 0 Å². The highest BCUT2D eigenvalue weighted by Gasteiger charge is 2.51. The number of hydrogen-bond acceptors (Lipinski definition) is 3. The molecule has 5 heteroatoms. The molecule has 0 radical (unpaired) electrons. The number of para-hydroxylation sites is 2. The molecular weight excluding hydrogens is 467 g/mol. The molecule has 38 heavy (non-hydrogen) atoms. The predicted octanol–water partition coefficient (Wildman–Crippen LogP) is 7.27. The van der Waals surface area contributed by atoms with Gasteiger partial charge in [-0.15, -0.1) is 0 Å². The molecule has 4 nitrogen and oxygen atoms in total. The van der Waals surface area contributed by atoms with E-state index in [1.54, 1.807) is 0 Å². The van der Waals surface area contributed by atoms with Gasteiger partial charge in [0.25, 0.3) is 0 Å². The first-order valence-corrected chi connectivity index (χ1v) is 13.2. The summed E-state index contributed by atoms with van der Waals surface area (Å²) in [7, 11) is -0.393. The number of rotatable bonds is 3. The lowest BCUT2D eigenvalue weighted by molar-refractivity contribution is 0.00578. The summed E-state index contributed by atoms with van der Waals surface area (Å²) in [6.07, 6.45) is 0. The Morgan fingerprint density at radius 2 is 1.24 bits per heavy atom. The maximum absolute atomic E-state index is 6.29. The lowest BCUT2D eigenvalue weighted by atomic mass is 9.79. The molecule has 2 aromatic heterocycles. The standard InChI is InChI=1S/C33H29BN2O2/c1-32(2)33(3,4)38-34(37-32)24-20-18-23(19-21-24)31-35-27-16-10-8-14-25(27)30-29(22-12-6-5-7-13-22)26-15-9-11-17-28(26)36(30)31/h5-21H,1-4H3. The maximum Gasteiger partial charge on any atom is 0.494 e. The van der Waals surface area contributed by atoms with Crippen molar-refractivity contribution in [3.05, 3.63) is 103 Å². The predicted molar refractivity (Wildman–Crippen MR) is 157 cm³/mol. The Labute approximate surface area is 223 Å². The van der Waals surface area contributed by atoms with E-state index in [4.69, 9.17) is 14.3 Å². The van der Waals surface area contributed by atoms with Gasteiger partial charge in [0.1, 0.15) is 5.82 Å².